The van der Waals surface area contributed by atoms with E-state index in [-0.39, 0.29) is 0 Å². The lowest BCUT2D eigenvalue weighted by Crippen LogP contribution is -2.22. The summed E-state index contributed by atoms with van der Waals surface area (Å²) in [5, 5.41) is 1.11. The van der Waals surface area contributed by atoms with Gasteiger partial charge >= 0.3 is 0 Å². The summed E-state index contributed by atoms with van der Waals surface area (Å²) in [7, 11) is 2.10. The predicted molar refractivity (Wildman–Crippen MR) is 58.2 cm³/mol. The highest BCUT2D eigenvalue weighted by Gasteiger charge is 2.17. The monoisotopic (exact) mass is 205 g/mol. The van der Waals surface area contributed by atoms with E-state index in [9.17, 15) is 0 Å². The molecule has 1 aromatic heterocycles. The molecule has 1 aliphatic rings. The van der Waals surface area contributed by atoms with Gasteiger partial charge in [-0.05, 0) is 31.1 Å². The van der Waals surface area contributed by atoms with Crippen LogP contribution in [0.1, 0.15) is 0 Å². The molecule has 0 spiro atoms. The molecule has 2 heterocycles. The normalized spacial score (nSPS) is 17.2. The summed E-state index contributed by atoms with van der Waals surface area (Å²) in [6.07, 6.45) is 0. The Labute approximate surface area is 86.9 Å². The molecule has 0 N–H and O–H groups in total. The zero-order valence-electron chi connectivity index (χ0n) is 7.97. The number of aromatic nitrogens is 2. The number of likely N-dealkylation sites (N-methyl/N-ethyl adjacent to an activating group) is 1. The van der Waals surface area contributed by atoms with Gasteiger partial charge in [-0.25, -0.2) is 9.29 Å². The zero-order valence-corrected chi connectivity index (χ0v) is 8.79. The third-order valence-electron chi connectivity index (χ3n) is 2.50. The molecule has 1 aliphatic heterocycles. The number of fused-ring (bicyclic) bond motifs is 3. The van der Waals surface area contributed by atoms with Crippen LogP contribution < -0.4 is 0 Å². The Bertz CT molecular complexity index is 477. The van der Waals surface area contributed by atoms with Crippen molar-refractivity contribution < 1.29 is 0 Å². The molecule has 14 heavy (non-hydrogen) atoms. The second kappa shape index (κ2) is 3.00. The Hall–Kier alpha value is -1.00. The Kier molecular flexibility index (Phi) is 1.78. The van der Waals surface area contributed by atoms with E-state index in [1.807, 2.05) is 6.07 Å². The molecule has 3 rings (SSSR count). The van der Waals surface area contributed by atoms with Crippen LogP contribution in [0.15, 0.2) is 29.4 Å². The van der Waals surface area contributed by atoms with E-state index in [2.05, 4.69) is 39.1 Å². The summed E-state index contributed by atoms with van der Waals surface area (Å²) >= 11 is 1.72. The Morgan fingerprint density at radius 1 is 1.29 bits per heavy atom. The third kappa shape index (κ3) is 1.14. The van der Waals surface area contributed by atoms with E-state index >= 15 is 0 Å². The summed E-state index contributed by atoms with van der Waals surface area (Å²) in [4.78, 5) is 4.59. The van der Waals surface area contributed by atoms with Gasteiger partial charge in [0.15, 0.2) is 5.16 Å². The molecule has 0 atom stereocenters. The first kappa shape index (κ1) is 8.32. The largest absolute Gasteiger partial charge is 0.317 e. The first-order valence-corrected chi connectivity index (χ1v) is 5.46. The number of hydrogen-bond donors (Lipinski definition) is 0. The quantitative estimate of drug-likeness (QED) is 0.614. The summed E-state index contributed by atoms with van der Waals surface area (Å²) in [6.45, 7) is 2.12. The van der Waals surface area contributed by atoms with Crippen LogP contribution in [0.4, 0.5) is 0 Å². The van der Waals surface area contributed by atoms with Crippen LogP contribution in [0.5, 0.6) is 0 Å². The molecule has 0 aliphatic carbocycles. The maximum absolute atomic E-state index is 4.59. The topological polar surface area (TPSA) is 21.1 Å². The van der Waals surface area contributed by atoms with Gasteiger partial charge in [0, 0.05) is 13.1 Å². The molecular formula is C10H11N3S. The van der Waals surface area contributed by atoms with E-state index < -0.39 is 0 Å². The van der Waals surface area contributed by atoms with Gasteiger partial charge in [0.05, 0.1) is 11.0 Å². The Balaban J connectivity index is 2.24. The fourth-order valence-electron chi connectivity index (χ4n) is 1.77. The maximum Gasteiger partial charge on any atom is 0.184 e. The lowest BCUT2D eigenvalue weighted by atomic mass is 10.3. The van der Waals surface area contributed by atoms with Crippen molar-refractivity contribution >= 4 is 23.0 Å². The van der Waals surface area contributed by atoms with Crippen LogP contribution in [-0.2, 0) is 6.54 Å². The molecular weight excluding hydrogens is 194 g/mol. The van der Waals surface area contributed by atoms with Crippen LogP contribution >= 0.6 is 11.9 Å². The molecule has 0 saturated heterocycles. The van der Waals surface area contributed by atoms with Crippen molar-refractivity contribution in [3.05, 3.63) is 24.3 Å². The summed E-state index contributed by atoms with van der Waals surface area (Å²) in [6, 6.07) is 8.31. The van der Waals surface area contributed by atoms with Gasteiger partial charge in [0.2, 0.25) is 0 Å². The van der Waals surface area contributed by atoms with Crippen LogP contribution in [0.3, 0.4) is 0 Å². The van der Waals surface area contributed by atoms with Gasteiger partial charge in [0.1, 0.15) is 0 Å². The lowest BCUT2D eigenvalue weighted by molar-refractivity contribution is 0.467. The highest BCUT2D eigenvalue weighted by atomic mass is 32.2. The standard InChI is InChI=1S/C10H11N3S/c1-12-6-7-13-9-5-3-2-4-8(9)11-10(13)14-12/h2-5H,6-7H2,1H3. The minimum absolute atomic E-state index is 1.04. The number of rotatable bonds is 0. The molecule has 0 amide bonds. The van der Waals surface area contributed by atoms with Crippen LogP contribution in [0.2, 0.25) is 0 Å². The average Bonchev–Trinajstić information content (AvgIpc) is 2.54. The highest BCUT2D eigenvalue weighted by Crippen LogP contribution is 2.28. The second-order valence-electron chi connectivity index (χ2n) is 3.48. The molecule has 0 fully saturated rings. The number of benzene rings is 1. The van der Waals surface area contributed by atoms with Crippen LogP contribution in [0, 0.1) is 0 Å². The number of hydrogen-bond acceptors (Lipinski definition) is 3. The van der Waals surface area contributed by atoms with E-state index in [0.29, 0.717) is 0 Å². The summed E-state index contributed by atoms with van der Waals surface area (Å²) in [5.74, 6) is 0. The molecule has 0 unspecified atom stereocenters. The van der Waals surface area contributed by atoms with Crippen molar-refractivity contribution in [2.45, 2.75) is 11.7 Å². The molecule has 72 valence electrons. The summed E-state index contributed by atoms with van der Waals surface area (Å²) < 4.78 is 4.52. The molecule has 4 heteroatoms. The SMILES string of the molecule is CN1CCn2c(nc3ccccc32)S1. The minimum Gasteiger partial charge on any atom is -0.317 e. The van der Waals surface area contributed by atoms with Gasteiger partial charge in [0.25, 0.3) is 0 Å². The first-order chi connectivity index (χ1) is 6.84. The van der Waals surface area contributed by atoms with Crippen LogP contribution in [0.25, 0.3) is 11.0 Å². The fourth-order valence-corrected chi connectivity index (χ4v) is 2.64. The lowest BCUT2D eigenvalue weighted by Gasteiger charge is -2.22. The molecule has 0 radical (unpaired) electrons. The van der Waals surface area contributed by atoms with Gasteiger partial charge < -0.3 is 4.57 Å². The van der Waals surface area contributed by atoms with E-state index in [0.717, 1.165) is 23.8 Å². The van der Waals surface area contributed by atoms with Crippen molar-refractivity contribution in [2.24, 2.45) is 0 Å². The minimum atomic E-state index is 1.04. The third-order valence-corrected chi connectivity index (χ3v) is 3.46. The molecule has 2 aromatic rings. The number of para-hydroxylation sites is 2. The van der Waals surface area contributed by atoms with Gasteiger partial charge in [-0.2, -0.15) is 0 Å². The smallest absolute Gasteiger partial charge is 0.184 e. The van der Waals surface area contributed by atoms with Crippen molar-refractivity contribution in [1.29, 1.82) is 0 Å². The Morgan fingerprint density at radius 2 is 2.14 bits per heavy atom. The predicted octanol–water partition coefficient (Wildman–Crippen LogP) is 1.99. The van der Waals surface area contributed by atoms with Crippen molar-refractivity contribution in [3.8, 4) is 0 Å². The zero-order chi connectivity index (χ0) is 9.54. The summed E-state index contributed by atoms with van der Waals surface area (Å²) in [5.41, 5.74) is 2.36. The van der Waals surface area contributed by atoms with Crippen molar-refractivity contribution in [2.75, 3.05) is 13.6 Å². The van der Waals surface area contributed by atoms with E-state index in [1.54, 1.807) is 11.9 Å². The van der Waals surface area contributed by atoms with Crippen LogP contribution in [-0.4, -0.2) is 27.4 Å². The Morgan fingerprint density at radius 3 is 3.07 bits per heavy atom. The molecule has 0 saturated carbocycles. The second-order valence-corrected chi connectivity index (χ2v) is 4.65. The first-order valence-electron chi connectivity index (χ1n) is 4.69. The average molecular weight is 205 g/mol. The van der Waals surface area contributed by atoms with Crippen molar-refractivity contribution in [1.82, 2.24) is 13.9 Å². The van der Waals surface area contributed by atoms with E-state index in [4.69, 9.17) is 0 Å². The highest BCUT2D eigenvalue weighted by molar-refractivity contribution is 7.96. The number of imidazole rings is 1. The molecule has 3 nitrogen and oxygen atoms in total. The van der Waals surface area contributed by atoms with Gasteiger partial charge in [-0.15, -0.1) is 0 Å². The molecule has 0 bridgehead atoms. The maximum atomic E-state index is 4.59. The molecule has 1 aromatic carbocycles. The van der Waals surface area contributed by atoms with Gasteiger partial charge in [-0.1, -0.05) is 12.1 Å². The number of nitrogens with zero attached hydrogens (tertiary/aromatic N) is 3. The van der Waals surface area contributed by atoms with Crippen molar-refractivity contribution in [3.63, 3.8) is 0 Å². The fraction of sp³-hybridized carbons (Fsp3) is 0.300. The van der Waals surface area contributed by atoms with Gasteiger partial charge in [-0.3, -0.25) is 0 Å². The van der Waals surface area contributed by atoms with E-state index in [1.165, 1.54) is 5.52 Å².